The standard InChI is InChI=1S/C10H6ClF3N2O/c11-6-2-1-3-7-9(6)5(10(12,13)14)4-8(17)16(7)15/h1-4H,15H2. The Morgan fingerprint density at radius 2 is 1.94 bits per heavy atom. The van der Waals surface area contributed by atoms with Crippen molar-refractivity contribution in [3.63, 3.8) is 0 Å². The average Bonchev–Trinajstić information content (AvgIpc) is 2.22. The third-order valence-corrected chi connectivity index (χ3v) is 2.65. The number of fused-ring (bicyclic) bond motifs is 1. The summed E-state index contributed by atoms with van der Waals surface area (Å²) < 4.78 is 38.9. The molecule has 0 atom stereocenters. The topological polar surface area (TPSA) is 48.0 Å². The van der Waals surface area contributed by atoms with Gasteiger partial charge in [0.2, 0.25) is 0 Å². The highest BCUT2D eigenvalue weighted by molar-refractivity contribution is 6.35. The number of nitrogens with two attached hydrogens (primary N) is 1. The zero-order valence-corrected chi connectivity index (χ0v) is 9.01. The van der Waals surface area contributed by atoms with Crippen LogP contribution in [0.15, 0.2) is 29.1 Å². The molecule has 3 nitrogen and oxygen atoms in total. The van der Waals surface area contributed by atoms with Crippen LogP contribution in [0.5, 0.6) is 0 Å². The van der Waals surface area contributed by atoms with E-state index in [1.807, 2.05) is 0 Å². The number of hydrogen-bond acceptors (Lipinski definition) is 2. The third kappa shape index (κ3) is 1.84. The van der Waals surface area contributed by atoms with E-state index in [4.69, 9.17) is 17.4 Å². The second-order valence-corrected chi connectivity index (χ2v) is 3.81. The number of hydrogen-bond donors (Lipinski definition) is 1. The van der Waals surface area contributed by atoms with E-state index in [0.717, 1.165) is 0 Å². The Balaban J connectivity index is 3.05. The summed E-state index contributed by atoms with van der Waals surface area (Å²) in [6, 6.07) is 4.48. The van der Waals surface area contributed by atoms with E-state index >= 15 is 0 Å². The predicted octanol–water partition coefficient (Wildman–Crippen LogP) is 2.39. The quantitative estimate of drug-likeness (QED) is 0.741. The van der Waals surface area contributed by atoms with Crippen LogP contribution in [0.3, 0.4) is 0 Å². The number of halogens is 4. The molecule has 7 heteroatoms. The first kappa shape index (κ1) is 11.8. The normalized spacial score (nSPS) is 12.0. The number of nitrogens with zero attached hydrogens (tertiary/aromatic N) is 1. The molecule has 90 valence electrons. The van der Waals surface area contributed by atoms with Crippen molar-refractivity contribution >= 4 is 22.5 Å². The van der Waals surface area contributed by atoms with Crippen molar-refractivity contribution < 1.29 is 13.2 Å². The van der Waals surface area contributed by atoms with Gasteiger partial charge in [-0.2, -0.15) is 13.2 Å². The van der Waals surface area contributed by atoms with Gasteiger partial charge in [0.15, 0.2) is 0 Å². The van der Waals surface area contributed by atoms with Crippen molar-refractivity contribution in [2.75, 3.05) is 5.84 Å². The van der Waals surface area contributed by atoms with Crippen LogP contribution in [-0.2, 0) is 6.18 Å². The lowest BCUT2D eigenvalue weighted by atomic mass is 10.1. The number of benzene rings is 1. The van der Waals surface area contributed by atoms with Crippen molar-refractivity contribution in [2.45, 2.75) is 6.18 Å². The Bertz CT molecular complexity index is 648. The average molecular weight is 263 g/mol. The Kier molecular flexibility index (Phi) is 2.54. The van der Waals surface area contributed by atoms with Gasteiger partial charge in [-0.1, -0.05) is 17.7 Å². The van der Waals surface area contributed by atoms with Gasteiger partial charge in [0, 0.05) is 11.5 Å². The van der Waals surface area contributed by atoms with Gasteiger partial charge in [-0.3, -0.25) is 4.79 Å². The largest absolute Gasteiger partial charge is 0.417 e. The fraction of sp³-hybridized carbons (Fsp3) is 0.100. The van der Waals surface area contributed by atoms with E-state index in [1.165, 1.54) is 18.2 Å². The van der Waals surface area contributed by atoms with Gasteiger partial charge < -0.3 is 5.84 Å². The fourth-order valence-corrected chi connectivity index (χ4v) is 1.86. The first-order valence-electron chi connectivity index (χ1n) is 4.49. The van der Waals surface area contributed by atoms with Gasteiger partial charge in [-0.25, -0.2) is 4.68 Å². The predicted molar refractivity (Wildman–Crippen MR) is 58.4 cm³/mol. The zero-order chi connectivity index (χ0) is 12.8. The van der Waals surface area contributed by atoms with Crippen molar-refractivity contribution in [3.05, 3.63) is 45.2 Å². The fourth-order valence-electron chi connectivity index (χ4n) is 1.59. The smallest absolute Gasteiger partial charge is 0.336 e. The molecule has 1 heterocycles. The Morgan fingerprint density at radius 1 is 1.29 bits per heavy atom. The van der Waals surface area contributed by atoms with Gasteiger partial charge >= 0.3 is 6.18 Å². The molecule has 0 spiro atoms. The summed E-state index contributed by atoms with van der Waals surface area (Å²) in [6.07, 6.45) is -4.66. The SMILES string of the molecule is Nn1c(=O)cc(C(F)(F)F)c2c(Cl)cccc21. The monoisotopic (exact) mass is 262 g/mol. The van der Waals surface area contributed by atoms with Gasteiger partial charge in [0.1, 0.15) is 0 Å². The second kappa shape index (κ2) is 3.66. The van der Waals surface area contributed by atoms with Crippen molar-refractivity contribution in [1.29, 1.82) is 0 Å². The summed E-state index contributed by atoms with van der Waals surface area (Å²) in [7, 11) is 0. The molecule has 0 amide bonds. The highest BCUT2D eigenvalue weighted by atomic mass is 35.5. The summed E-state index contributed by atoms with van der Waals surface area (Å²) in [6.45, 7) is 0. The molecule has 0 fully saturated rings. The van der Waals surface area contributed by atoms with Crippen molar-refractivity contribution in [3.8, 4) is 0 Å². The van der Waals surface area contributed by atoms with E-state index in [2.05, 4.69) is 0 Å². The van der Waals surface area contributed by atoms with Gasteiger partial charge in [-0.15, -0.1) is 0 Å². The minimum absolute atomic E-state index is 0.0580. The molecule has 0 unspecified atom stereocenters. The molecule has 0 radical (unpaired) electrons. The first-order valence-corrected chi connectivity index (χ1v) is 4.86. The lowest BCUT2D eigenvalue weighted by Crippen LogP contribution is -2.28. The Labute approximate surface area is 98.2 Å². The number of alkyl halides is 3. The van der Waals surface area contributed by atoms with Crippen LogP contribution in [0, 0.1) is 0 Å². The molecule has 2 aromatic rings. The van der Waals surface area contributed by atoms with E-state index < -0.39 is 17.3 Å². The molecule has 1 aromatic carbocycles. The van der Waals surface area contributed by atoms with Crippen LogP contribution in [-0.4, -0.2) is 4.68 Å². The maximum Gasteiger partial charge on any atom is 0.417 e. The van der Waals surface area contributed by atoms with Crippen LogP contribution in [0.4, 0.5) is 13.2 Å². The molecule has 0 saturated heterocycles. The highest BCUT2D eigenvalue weighted by Gasteiger charge is 2.34. The summed E-state index contributed by atoms with van der Waals surface area (Å²) in [5.41, 5.74) is -2.07. The minimum atomic E-state index is -4.66. The maximum atomic E-state index is 12.8. The number of rotatable bonds is 0. The molecule has 0 aliphatic rings. The summed E-state index contributed by atoms with van der Waals surface area (Å²) in [4.78, 5) is 11.3. The molecule has 0 bridgehead atoms. The molecule has 0 aliphatic carbocycles. The molecule has 2 rings (SSSR count). The Hall–Kier alpha value is -1.69. The molecular formula is C10H6ClF3N2O. The number of aromatic nitrogens is 1. The van der Waals surface area contributed by atoms with Crippen LogP contribution >= 0.6 is 11.6 Å². The maximum absolute atomic E-state index is 12.8. The van der Waals surface area contributed by atoms with Crippen LogP contribution in [0.2, 0.25) is 5.02 Å². The molecule has 0 saturated carbocycles. The lowest BCUT2D eigenvalue weighted by Gasteiger charge is -2.13. The van der Waals surface area contributed by atoms with Gasteiger partial charge in [0.05, 0.1) is 16.1 Å². The van der Waals surface area contributed by atoms with Crippen molar-refractivity contribution in [1.82, 2.24) is 4.68 Å². The number of pyridine rings is 1. The Morgan fingerprint density at radius 3 is 2.53 bits per heavy atom. The molecular weight excluding hydrogens is 257 g/mol. The van der Waals surface area contributed by atoms with E-state index in [-0.39, 0.29) is 15.9 Å². The van der Waals surface area contributed by atoms with Crippen LogP contribution in [0.25, 0.3) is 10.9 Å². The summed E-state index contributed by atoms with van der Waals surface area (Å²) >= 11 is 5.72. The molecule has 0 aliphatic heterocycles. The molecule has 1 aromatic heterocycles. The van der Waals surface area contributed by atoms with Crippen LogP contribution < -0.4 is 11.4 Å². The second-order valence-electron chi connectivity index (χ2n) is 3.40. The van der Waals surface area contributed by atoms with Crippen LogP contribution in [0.1, 0.15) is 5.56 Å². The molecule has 2 N–H and O–H groups in total. The lowest BCUT2D eigenvalue weighted by molar-refractivity contribution is -0.136. The highest BCUT2D eigenvalue weighted by Crippen LogP contribution is 2.36. The van der Waals surface area contributed by atoms with E-state index in [1.54, 1.807) is 0 Å². The first-order chi connectivity index (χ1) is 7.82. The number of nitrogen functional groups attached to an aromatic ring is 1. The van der Waals surface area contributed by atoms with E-state index in [9.17, 15) is 18.0 Å². The summed E-state index contributed by atoms with van der Waals surface area (Å²) in [5, 5.41) is -0.377. The van der Waals surface area contributed by atoms with E-state index in [0.29, 0.717) is 10.7 Å². The zero-order valence-electron chi connectivity index (χ0n) is 8.25. The van der Waals surface area contributed by atoms with Crippen molar-refractivity contribution in [2.24, 2.45) is 0 Å². The third-order valence-electron chi connectivity index (χ3n) is 2.33. The molecule has 17 heavy (non-hydrogen) atoms. The van der Waals surface area contributed by atoms with Gasteiger partial charge in [0.25, 0.3) is 5.56 Å². The summed E-state index contributed by atoms with van der Waals surface area (Å²) in [5.74, 6) is 5.38. The van der Waals surface area contributed by atoms with Gasteiger partial charge in [-0.05, 0) is 12.1 Å². The minimum Gasteiger partial charge on any atom is -0.336 e.